The molecule has 2 saturated heterocycles. The number of nitrogens with one attached hydrogen (secondary N) is 1. The lowest BCUT2D eigenvalue weighted by molar-refractivity contribution is -0.117. The van der Waals surface area contributed by atoms with Crippen molar-refractivity contribution < 1.29 is 19.5 Å². The van der Waals surface area contributed by atoms with Gasteiger partial charge in [-0.1, -0.05) is 6.08 Å². The number of nitrogens with zero attached hydrogens (tertiary/aromatic N) is 2. The summed E-state index contributed by atoms with van der Waals surface area (Å²) in [5.74, 6) is -0.439. The number of carbonyl (C=O) groups is 3. The van der Waals surface area contributed by atoms with Crippen LogP contribution in [-0.4, -0.2) is 54.1 Å². The zero-order valence-electron chi connectivity index (χ0n) is 14.6. The maximum atomic E-state index is 12.8. The highest BCUT2D eigenvalue weighted by molar-refractivity contribution is 6.12. The normalized spacial score (nSPS) is 23.1. The molecule has 1 unspecified atom stereocenters. The molecule has 3 rings (SSSR count). The molecule has 2 aliphatic heterocycles. The zero-order chi connectivity index (χ0) is 18.7. The van der Waals surface area contributed by atoms with E-state index in [2.05, 4.69) is 11.9 Å². The minimum atomic E-state index is -0.456. The Morgan fingerprint density at radius 2 is 2.04 bits per heavy atom. The third-order valence-corrected chi connectivity index (χ3v) is 5.08. The maximum Gasteiger partial charge on any atom is 0.329 e. The number of imide groups is 1. The predicted molar refractivity (Wildman–Crippen MR) is 96.8 cm³/mol. The molecule has 1 atom stereocenters. The molecule has 0 spiro atoms. The quantitative estimate of drug-likeness (QED) is 0.618. The Bertz CT molecular complexity index is 731. The van der Waals surface area contributed by atoms with E-state index in [-0.39, 0.29) is 30.4 Å². The minimum absolute atomic E-state index is 0.0151. The predicted octanol–water partition coefficient (Wildman–Crippen LogP) is 1.53. The highest BCUT2D eigenvalue weighted by Gasteiger charge is 2.36. The monoisotopic (exact) mass is 357 g/mol. The van der Waals surface area contributed by atoms with E-state index < -0.39 is 6.03 Å². The van der Waals surface area contributed by atoms with Crippen LogP contribution in [0.5, 0.6) is 0 Å². The van der Waals surface area contributed by atoms with Gasteiger partial charge in [-0.25, -0.2) is 4.79 Å². The Labute approximate surface area is 152 Å². The number of anilines is 1. The summed E-state index contributed by atoms with van der Waals surface area (Å²) in [6, 6.07) is 6.20. The lowest BCUT2D eigenvalue weighted by atomic mass is 9.77. The molecule has 1 aromatic rings. The van der Waals surface area contributed by atoms with Crippen LogP contribution in [0, 0.1) is 5.41 Å². The molecular weight excluding hydrogens is 334 g/mol. The third-order valence-electron chi connectivity index (χ3n) is 5.08. The van der Waals surface area contributed by atoms with Crippen LogP contribution >= 0.6 is 0 Å². The molecule has 138 valence electrons. The second kappa shape index (κ2) is 7.29. The van der Waals surface area contributed by atoms with Crippen LogP contribution in [0.3, 0.4) is 0 Å². The highest BCUT2D eigenvalue weighted by Crippen LogP contribution is 2.34. The van der Waals surface area contributed by atoms with E-state index >= 15 is 0 Å². The van der Waals surface area contributed by atoms with Gasteiger partial charge in [0, 0.05) is 29.8 Å². The molecule has 1 aromatic carbocycles. The first kappa shape index (κ1) is 18.1. The fourth-order valence-electron chi connectivity index (χ4n) is 3.66. The number of carbonyl (C=O) groups excluding carboxylic acids is 3. The van der Waals surface area contributed by atoms with Crippen LogP contribution in [0.1, 0.15) is 29.6 Å². The summed E-state index contributed by atoms with van der Waals surface area (Å²) in [6.07, 6.45) is 4.18. The van der Waals surface area contributed by atoms with Crippen LogP contribution in [0.2, 0.25) is 0 Å². The number of benzene rings is 1. The topological polar surface area (TPSA) is 89.9 Å². The van der Waals surface area contributed by atoms with Gasteiger partial charge in [-0.2, -0.15) is 0 Å². The van der Waals surface area contributed by atoms with Gasteiger partial charge < -0.3 is 10.0 Å². The molecule has 0 aliphatic carbocycles. The number of hydrogen-bond donors (Lipinski definition) is 2. The number of aliphatic hydroxyl groups excluding tert-OH is 1. The third kappa shape index (κ3) is 3.48. The van der Waals surface area contributed by atoms with Gasteiger partial charge in [-0.3, -0.25) is 19.8 Å². The van der Waals surface area contributed by atoms with Crippen LogP contribution < -0.4 is 10.2 Å². The second-order valence-electron chi connectivity index (χ2n) is 6.97. The van der Waals surface area contributed by atoms with Crippen molar-refractivity contribution in [3.8, 4) is 0 Å². The first-order valence-electron chi connectivity index (χ1n) is 8.70. The first-order valence-corrected chi connectivity index (χ1v) is 8.70. The van der Waals surface area contributed by atoms with Crippen molar-refractivity contribution in [3.63, 3.8) is 0 Å². The molecule has 2 aliphatic rings. The Hall–Kier alpha value is -2.67. The van der Waals surface area contributed by atoms with Gasteiger partial charge in [0.05, 0.1) is 6.61 Å². The van der Waals surface area contributed by atoms with E-state index in [1.54, 1.807) is 35.2 Å². The van der Waals surface area contributed by atoms with Crippen molar-refractivity contribution in [3.05, 3.63) is 42.5 Å². The number of allylic oxidation sites excluding steroid dienone is 1. The van der Waals surface area contributed by atoms with E-state index in [1.165, 1.54) is 4.90 Å². The van der Waals surface area contributed by atoms with Crippen molar-refractivity contribution in [2.24, 2.45) is 5.41 Å². The van der Waals surface area contributed by atoms with Gasteiger partial charge in [0.2, 0.25) is 5.91 Å². The number of aliphatic hydroxyl groups is 1. The molecule has 0 bridgehead atoms. The number of piperidine rings is 1. The van der Waals surface area contributed by atoms with E-state index in [1.807, 2.05) is 0 Å². The number of rotatable bonds is 5. The lowest BCUT2D eigenvalue weighted by Gasteiger charge is -2.41. The highest BCUT2D eigenvalue weighted by atomic mass is 16.3. The molecule has 2 N–H and O–H groups in total. The van der Waals surface area contributed by atoms with Crippen molar-refractivity contribution in [2.75, 3.05) is 31.1 Å². The van der Waals surface area contributed by atoms with E-state index in [0.717, 1.165) is 12.8 Å². The number of urea groups is 1. The van der Waals surface area contributed by atoms with Crippen molar-refractivity contribution in [1.29, 1.82) is 0 Å². The van der Waals surface area contributed by atoms with Crippen LogP contribution in [0.25, 0.3) is 0 Å². The van der Waals surface area contributed by atoms with Crippen molar-refractivity contribution >= 4 is 23.5 Å². The largest absolute Gasteiger partial charge is 0.396 e. The van der Waals surface area contributed by atoms with Crippen LogP contribution in [0.4, 0.5) is 10.5 Å². The average molecular weight is 357 g/mol. The van der Waals surface area contributed by atoms with Gasteiger partial charge in [-0.15, -0.1) is 6.58 Å². The summed E-state index contributed by atoms with van der Waals surface area (Å²) < 4.78 is 0. The van der Waals surface area contributed by atoms with E-state index in [4.69, 9.17) is 0 Å². The van der Waals surface area contributed by atoms with Gasteiger partial charge in [0.1, 0.15) is 6.54 Å². The van der Waals surface area contributed by atoms with Crippen molar-refractivity contribution in [1.82, 2.24) is 10.2 Å². The van der Waals surface area contributed by atoms with E-state index in [9.17, 15) is 19.5 Å². The SMILES string of the molecule is C=CCC1(CO)CCCN(C(=O)c2ccc(N3CC(=O)NC3=O)cc2)C1. The molecule has 0 saturated carbocycles. The van der Waals surface area contributed by atoms with Crippen molar-refractivity contribution in [2.45, 2.75) is 19.3 Å². The van der Waals surface area contributed by atoms with Gasteiger partial charge in [-0.05, 0) is 43.5 Å². The summed E-state index contributed by atoms with van der Waals surface area (Å²) in [4.78, 5) is 38.9. The first-order chi connectivity index (χ1) is 12.5. The zero-order valence-corrected chi connectivity index (χ0v) is 14.6. The summed E-state index contributed by atoms with van der Waals surface area (Å²) in [5.41, 5.74) is 0.774. The molecule has 2 fully saturated rings. The number of likely N-dealkylation sites (tertiary alicyclic amines) is 1. The molecule has 0 aromatic heterocycles. The summed E-state index contributed by atoms with van der Waals surface area (Å²) >= 11 is 0. The Morgan fingerprint density at radius 1 is 1.31 bits per heavy atom. The molecule has 0 radical (unpaired) electrons. The Morgan fingerprint density at radius 3 is 2.62 bits per heavy atom. The Kier molecular flexibility index (Phi) is 5.08. The summed E-state index contributed by atoms with van der Waals surface area (Å²) in [6.45, 7) is 4.93. The van der Waals surface area contributed by atoms with Gasteiger partial charge in [0.25, 0.3) is 5.91 Å². The number of hydrogen-bond acceptors (Lipinski definition) is 4. The minimum Gasteiger partial charge on any atom is -0.396 e. The van der Waals surface area contributed by atoms with E-state index in [0.29, 0.717) is 30.8 Å². The van der Waals surface area contributed by atoms with Gasteiger partial charge in [0.15, 0.2) is 0 Å². The molecule has 26 heavy (non-hydrogen) atoms. The second-order valence-corrected chi connectivity index (χ2v) is 6.97. The molecular formula is C19H23N3O4. The molecule has 7 nitrogen and oxygen atoms in total. The molecule has 2 heterocycles. The standard InChI is InChI=1S/C19H23N3O4/c1-2-8-19(13-23)9-3-10-21(12-19)17(25)14-4-6-15(7-5-14)22-11-16(24)20-18(22)26/h2,4-7,23H,1,3,8-13H2,(H,20,24,26). The summed E-state index contributed by atoms with van der Waals surface area (Å²) in [5, 5.41) is 12.0. The maximum absolute atomic E-state index is 12.8. The lowest BCUT2D eigenvalue weighted by Crippen LogP contribution is -2.47. The fourth-order valence-corrected chi connectivity index (χ4v) is 3.66. The summed E-state index contributed by atoms with van der Waals surface area (Å²) in [7, 11) is 0. The van der Waals surface area contributed by atoms with Crippen LogP contribution in [0.15, 0.2) is 36.9 Å². The molecule has 7 heteroatoms. The van der Waals surface area contributed by atoms with Crippen LogP contribution in [-0.2, 0) is 4.79 Å². The molecule has 4 amide bonds. The average Bonchev–Trinajstić information content (AvgIpc) is 3.00. The fraction of sp³-hybridized carbons (Fsp3) is 0.421. The smallest absolute Gasteiger partial charge is 0.329 e. The number of amides is 4. The Balaban J connectivity index is 1.72. The van der Waals surface area contributed by atoms with Gasteiger partial charge >= 0.3 is 6.03 Å².